The molecule has 3 unspecified atom stereocenters. The van der Waals surface area contributed by atoms with E-state index in [2.05, 4.69) is 10.6 Å². The monoisotopic (exact) mass is 513 g/mol. The zero-order valence-corrected chi connectivity index (χ0v) is 21.4. The third kappa shape index (κ3) is 4.32. The van der Waals surface area contributed by atoms with Crippen LogP contribution in [0.15, 0.2) is 0 Å². The fraction of sp³-hybridized carbons (Fsp3) is 0.792. The second-order valence-corrected chi connectivity index (χ2v) is 11.9. The summed E-state index contributed by atoms with van der Waals surface area (Å²) in [6, 6.07) is -2.63. The molecule has 3 aliphatic rings. The van der Waals surface area contributed by atoms with Crippen molar-refractivity contribution in [2.24, 2.45) is 45.5 Å². The zero-order chi connectivity index (χ0) is 27.4. The second kappa shape index (κ2) is 9.26. The molecule has 36 heavy (non-hydrogen) atoms. The zero-order valence-electron chi connectivity index (χ0n) is 21.4. The highest BCUT2D eigenvalue weighted by Gasteiger charge is 2.83. The van der Waals surface area contributed by atoms with Crippen molar-refractivity contribution < 1.29 is 32.8 Å². The van der Waals surface area contributed by atoms with Gasteiger partial charge in [-0.2, -0.15) is 8.78 Å². The van der Waals surface area contributed by atoms with Crippen molar-refractivity contribution in [1.29, 1.82) is 0 Å². The molecule has 3 rings (SSSR count). The number of alkyl halides is 2. The molecule has 0 aromatic carbocycles. The van der Waals surface area contributed by atoms with Gasteiger partial charge in [-0.25, -0.2) is 0 Å². The number of amides is 5. The normalized spacial score (nSPS) is 30.7. The summed E-state index contributed by atoms with van der Waals surface area (Å²) in [5, 5.41) is 4.89. The summed E-state index contributed by atoms with van der Waals surface area (Å²) >= 11 is 0. The van der Waals surface area contributed by atoms with E-state index in [1.807, 2.05) is 13.8 Å². The number of carbonyl (C=O) groups excluding carboxylic acids is 5. The van der Waals surface area contributed by atoms with Crippen molar-refractivity contribution in [3.63, 3.8) is 0 Å². The number of halogens is 2. The Labute approximate surface area is 209 Å². The van der Waals surface area contributed by atoms with E-state index in [1.54, 1.807) is 20.8 Å². The Bertz CT molecular complexity index is 965. The molecule has 2 saturated heterocycles. The van der Waals surface area contributed by atoms with Crippen LogP contribution < -0.4 is 22.1 Å². The van der Waals surface area contributed by atoms with Gasteiger partial charge in [0.25, 0.3) is 5.91 Å². The van der Waals surface area contributed by atoms with Gasteiger partial charge in [0.15, 0.2) is 0 Å². The Morgan fingerprint density at radius 1 is 1.19 bits per heavy atom. The molecule has 2 heterocycles. The number of piperidine rings is 2. The first kappa shape index (κ1) is 27.8. The van der Waals surface area contributed by atoms with E-state index < -0.39 is 70.2 Å². The molecular weight excluding hydrogens is 476 g/mol. The molecule has 2 aliphatic heterocycles. The number of carbonyl (C=O) groups is 5. The van der Waals surface area contributed by atoms with Crippen LogP contribution in [0.3, 0.4) is 0 Å². The molecule has 6 N–H and O–H groups in total. The van der Waals surface area contributed by atoms with E-state index in [-0.39, 0.29) is 24.8 Å². The highest BCUT2D eigenvalue weighted by Crippen LogP contribution is 2.78. The number of primary amides is 2. The molecule has 0 spiro atoms. The van der Waals surface area contributed by atoms with Gasteiger partial charge in [-0.15, -0.1) is 0 Å². The molecule has 10 nitrogen and oxygen atoms in total. The number of hydrogen-bond acceptors (Lipinski definition) is 5. The highest BCUT2D eigenvalue weighted by molar-refractivity contribution is 5.95. The molecule has 1 saturated carbocycles. The van der Waals surface area contributed by atoms with Crippen LogP contribution in [0.2, 0.25) is 0 Å². The standard InChI is InChI=1S/C24H37F2N5O5/c1-22(2,3)14(30-20(35)16(25)26)21(36)31-10-13-23(4,5)24(13,15(31)18(28)33)12(17(27)32)9-11-7-6-8-29-19(11)34/h11-16H,6-10H2,1-5H3,(H2,27,32)(H2,28,33)(H,29,34)(H,30,35)/t11-,12+,13?,14+,15?,24?/m0/s1. The largest absolute Gasteiger partial charge is 0.369 e. The first-order chi connectivity index (χ1) is 16.5. The van der Waals surface area contributed by atoms with Crippen LogP contribution in [0.4, 0.5) is 8.78 Å². The Hall–Kier alpha value is -2.79. The molecule has 202 valence electrons. The highest BCUT2D eigenvalue weighted by atomic mass is 19.3. The van der Waals surface area contributed by atoms with Crippen molar-refractivity contribution in [2.45, 2.75) is 72.4 Å². The Morgan fingerprint density at radius 3 is 2.28 bits per heavy atom. The number of nitrogens with zero attached hydrogens (tertiary/aromatic N) is 1. The smallest absolute Gasteiger partial charge is 0.315 e. The van der Waals surface area contributed by atoms with Crippen molar-refractivity contribution in [3.05, 3.63) is 0 Å². The number of likely N-dealkylation sites (tertiary alicyclic amines) is 1. The summed E-state index contributed by atoms with van der Waals surface area (Å²) in [5.41, 5.74) is 8.99. The minimum absolute atomic E-state index is 0.0389. The molecule has 6 atom stereocenters. The molecule has 12 heteroatoms. The van der Waals surface area contributed by atoms with E-state index in [4.69, 9.17) is 11.5 Å². The molecule has 5 amide bonds. The lowest BCUT2D eigenvalue weighted by atomic mass is 9.71. The van der Waals surface area contributed by atoms with Crippen LogP contribution in [0.5, 0.6) is 0 Å². The topological polar surface area (TPSA) is 165 Å². The summed E-state index contributed by atoms with van der Waals surface area (Å²) < 4.78 is 26.0. The predicted octanol–water partition coefficient (Wildman–Crippen LogP) is 0.139. The molecule has 0 radical (unpaired) electrons. The molecule has 0 aromatic rings. The molecule has 0 aromatic heterocycles. The molecule has 1 aliphatic carbocycles. The van der Waals surface area contributed by atoms with E-state index in [1.165, 1.54) is 4.90 Å². The summed E-state index contributed by atoms with van der Waals surface area (Å²) in [6.07, 6.45) is -1.92. The number of fused-ring (bicyclic) bond motifs is 1. The second-order valence-electron chi connectivity index (χ2n) is 11.9. The van der Waals surface area contributed by atoms with Gasteiger partial charge >= 0.3 is 6.43 Å². The third-order valence-corrected chi connectivity index (χ3v) is 8.61. The number of rotatable bonds is 8. The fourth-order valence-corrected chi connectivity index (χ4v) is 6.82. The van der Waals surface area contributed by atoms with E-state index in [9.17, 15) is 32.8 Å². The van der Waals surface area contributed by atoms with Gasteiger partial charge in [-0.1, -0.05) is 34.6 Å². The number of hydrogen-bond donors (Lipinski definition) is 4. The van der Waals surface area contributed by atoms with Crippen LogP contribution in [-0.4, -0.2) is 66.0 Å². The Morgan fingerprint density at radius 2 is 1.81 bits per heavy atom. The van der Waals surface area contributed by atoms with Crippen molar-refractivity contribution >= 4 is 29.5 Å². The van der Waals surface area contributed by atoms with Gasteiger partial charge in [-0.05, 0) is 36.0 Å². The maximum Gasteiger partial charge on any atom is 0.315 e. The van der Waals surface area contributed by atoms with Gasteiger partial charge in [-0.3, -0.25) is 24.0 Å². The lowest BCUT2D eigenvalue weighted by molar-refractivity contribution is -0.149. The van der Waals surface area contributed by atoms with Gasteiger partial charge in [0.2, 0.25) is 23.6 Å². The van der Waals surface area contributed by atoms with Crippen LogP contribution in [0.25, 0.3) is 0 Å². The summed E-state index contributed by atoms with van der Waals surface area (Å²) in [4.78, 5) is 64.9. The maximum absolute atomic E-state index is 13.7. The third-order valence-electron chi connectivity index (χ3n) is 8.61. The van der Waals surface area contributed by atoms with Crippen molar-refractivity contribution in [2.75, 3.05) is 13.1 Å². The molecule has 0 bridgehead atoms. The summed E-state index contributed by atoms with van der Waals surface area (Å²) in [7, 11) is 0. The van der Waals surface area contributed by atoms with Crippen molar-refractivity contribution in [3.8, 4) is 0 Å². The fourth-order valence-electron chi connectivity index (χ4n) is 6.82. The molecular formula is C24H37F2N5O5. The minimum Gasteiger partial charge on any atom is -0.369 e. The summed E-state index contributed by atoms with van der Waals surface area (Å²) in [5.74, 6) is -5.83. The van der Waals surface area contributed by atoms with Crippen LogP contribution in [0, 0.1) is 34.0 Å². The van der Waals surface area contributed by atoms with E-state index >= 15 is 0 Å². The van der Waals surface area contributed by atoms with Gasteiger partial charge in [0, 0.05) is 30.3 Å². The average Bonchev–Trinajstić information content (AvgIpc) is 3.05. The Kier molecular flexibility index (Phi) is 7.15. The predicted molar refractivity (Wildman–Crippen MR) is 125 cm³/mol. The van der Waals surface area contributed by atoms with E-state index in [0.29, 0.717) is 13.0 Å². The quantitative estimate of drug-likeness (QED) is 0.362. The molecule has 3 fully saturated rings. The van der Waals surface area contributed by atoms with Gasteiger partial charge in [0.05, 0.1) is 0 Å². The lowest BCUT2D eigenvalue weighted by Gasteiger charge is -2.41. The SMILES string of the molecule is CC(C)(C)[C@H](NC(=O)C(F)F)C(=O)N1CC2C(C)(C)C2([C@H](C[C@@H]2CCCNC2=O)C(N)=O)C1C(N)=O. The maximum atomic E-state index is 13.7. The first-order valence-electron chi connectivity index (χ1n) is 12.2. The minimum atomic E-state index is -3.33. The average molecular weight is 514 g/mol. The van der Waals surface area contributed by atoms with Gasteiger partial charge < -0.3 is 27.0 Å². The summed E-state index contributed by atoms with van der Waals surface area (Å²) in [6.45, 7) is 9.12. The first-order valence-corrected chi connectivity index (χ1v) is 12.2. The van der Waals surface area contributed by atoms with Crippen LogP contribution in [0.1, 0.15) is 53.9 Å². The van der Waals surface area contributed by atoms with Gasteiger partial charge in [0.1, 0.15) is 12.1 Å². The van der Waals surface area contributed by atoms with Crippen LogP contribution >= 0.6 is 0 Å². The Balaban J connectivity index is 2.01. The number of nitrogens with one attached hydrogen (secondary N) is 2. The van der Waals surface area contributed by atoms with Crippen LogP contribution in [-0.2, 0) is 24.0 Å². The van der Waals surface area contributed by atoms with E-state index in [0.717, 1.165) is 6.42 Å². The lowest BCUT2D eigenvalue weighted by Crippen LogP contribution is -2.61. The number of nitrogens with two attached hydrogens (primary N) is 2. The van der Waals surface area contributed by atoms with Crippen molar-refractivity contribution in [1.82, 2.24) is 15.5 Å².